The first-order valence-corrected chi connectivity index (χ1v) is 6.65. The molecule has 2 aromatic carbocycles. The Kier molecular flexibility index (Phi) is 4.85. The highest BCUT2D eigenvalue weighted by Crippen LogP contribution is 2.31. The normalized spacial score (nSPS) is 10.7. The number of nitrogens with one attached hydrogen (secondary N) is 1. The maximum atomic E-state index is 13.1. The lowest BCUT2D eigenvalue weighted by Crippen LogP contribution is -2.13. The first-order valence-electron chi connectivity index (χ1n) is 5.77. The molecule has 0 aliphatic heterocycles. The topological polar surface area (TPSA) is 29.1 Å². The number of anilines is 1. The van der Waals surface area contributed by atoms with Crippen LogP contribution >= 0.6 is 11.8 Å². The highest BCUT2D eigenvalue weighted by molar-refractivity contribution is 7.99. The summed E-state index contributed by atoms with van der Waals surface area (Å²) in [4.78, 5) is 12.1. The van der Waals surface area contributed by atoms with Crippen LogP contribution in [0.15, 0.2) is 47.4 Å². The molecule has 2 aromatic rings. The molecular weight excluding hydrogens is 306 g/mol. The second-order valence-corrected chi connectivity index (χ2v) is 5.02. The van der Waals surface area contributed by atoms with Gasteiger partial charge in [-0.3, -0.25) is 4.79 Å². The highest BCUT2D eigenvalue weighted by Gasteiger charge is 2.14. The van der Waals surface area contributed by atoms with Crippen LogP contribution in [0.4, 0.5) is 23.2 Å². The number of para-hydroxylation sites is 1. The fraction of sp³-hybridized carbons (Fsp3) is 0.0714. The van der Waals surface area contributed by atoms with Gasteiger partial charge >= 0.3 is 0 Å². The predicted octanol–water partition coefficient (Wildman–Crippen LogP) is 4.53. The second kappa shape index (κ2) is 6.62. The van der Waals surface area contributed by atoms with Gasteiger partial charge in [0.1, 0.15) is 11.6 Å². The van der Waals surface area contributed by atoms with Gasteiger partial charge in [0.25, 0.3) is 11.7 Å². The Hall–Kier alpha value is -2.02. The molecule has 1 N–H and O–H groups in total. The highest BCUT2D eigenvalue weighted by atomic mass is 32.2. The molecule has 0 bridgehead atoms. The van der Waals surface area contributed by atoms with E-state index in [0.717, 1.165) is 12.1 Å². The van der Waals surface area contributed by atoms with Gasteiger partial charge < -0.3 is 5.32 Å². The van der Waals surface area contributed by atoms with Crippen molar-refractivity contribution in [3.8, 4) is 0 Å². The summed E-state index contributed by atoms with van der Waals surface area (Å²) in [6.07, 6.45) is 0. The lowest BCUT2D eigenvalue weighted by molar-refractivity contribution is 0.102. The Morgan fingerprint density at radius 1 is 1.05 bits per heavy atom. The van der Waals surface area contributed by atoms with Crippen LogP contribution in [0.1, 0.15) is 10.4 Å². The van der Waals surface area contributed by atoms with E-state index < -0.39 is 23.3 Å². The maximum absolute atomic E-state index is 13.1. The molecule has 0 saturated carbocycles. The van der Waals surface area contributed by atoms with Crippen LogP contribution in [0.25, 0.3) is 0 Å². The van der Waals surface area contributed by atoms with Crippen molar-refractivity contribution in [2.75, 3.05) is 5.32 Å². The molecule has 0 aliphatic carbocycles. The Labute approximate surface area is 122 Å². The predicted molar refractivity (Wildman–Crippen MR) is 72.6 cm³/mol. The molecule has 0 spiro atoms. The van der Waals surface area contributed by atoms with Crippen LogP contribution in [0.3, 0.4) is 0 Å². The quantitative estimate of drug-likeness (QED) is 0.663. The van der Waals surface area contributed by atoms with Gasteiger partial charge in [0.05, 0.1) is 5.69 Å². The second-order valence-electron chi connectivity index (χ2n) is 3.99. The Morgan fingerprint density at radius 3 is 2.29 bits per heavy atom. The van der Waals surface area contributed by atoms with E-state index in [2.05, 4.69) is 5.32 Å². The number of rotatable bonds is 4. The molecular formula is C14H9F4NOS. The minimum atomic E-state index is -2.64. The van der Waals surface area contributed by atoms with Gasteiger partial charge in [-0.15, -0.1) is 0 Å². The number of carbonyl (C=O) groups is 1. The van der Waals surface area contributed by atoms with E-state index in [0.29, 0.717) is 6.07 Å². The van der Waals surface area contributed by atoms with Gasteiger partial charge in [-0.05, 0) is 24.3 Å². The summed E-state index contributed by atoms with van der Waals surface area (Å²) < 4.78 is 50.9. The molecule has 0 unspecified atom stereocenters. The van der Waals surface area contributed by atoms with Gasteiger partial charge in [-0.25, -0.2) is 8.78 Å². The lowest BCUT2D eigenvalue weighted by atomic mass is 10.2. The zero-order valence-corrected chi connectivity index (χ0v) is 11.3. The summed E-state index contributed by atoms with van der Waals surface area (Å²) in [5, 5.41) is 2.36. The van der Waals surface area contributed by atoms with Crippen LogP contribution in [0.5, 0.6) is 0 Å². The largest absolute Gasteiger partial charge is 0.321 e. The number of halogens is 4. The molecule has 0 saturated heterocycles. The monoisotopic (exact) mass is 315 g/mol. The van der Waals surface area contributed by atoms with E-state index in [1.165, 1.54) is 12.1 Å². The van der Waals surface area contributed by atoms with E-state index in [4.69, 9.17) is 0 Å². The minimum absolute atomic E-state index is 0.150. The first-order chi connectivity index (χ1) is 9.95. The summed E-state index contributed by atoms with van der Waals surface area (Å²) in [6.45, 7) is 0. The molecule has 2 rings (SSSR count). The number of carbonyl (C=O) groups excluding carboxylic acids is 1. The zero-order valence-electron chi connectivity index (χ0n) is 10.4. The number of hydrogen-bond donors (Lipinski definition) is 1. The fourth-order valence-corrected chi connectivity index (χ4v) is 2.24. The molecule has 0 aromatic heterocycles. The maximum Gasteiger partial charge on any atom is 0.288 e. The fourth-order valence-electron chi connectivity index (χ4n) is 1.65. The van der Waals surface area contributed by atoms with E-state index in [1.807, 2.05) is 0 Å². The average Bonchev–Trinajstić information content (AvgIpc) is 2.39. The van der Waals surface area contributed by atoms with Crippen LogP contribution in [-0.2, 0) is 0 Å². The molecule has 0 atom stereocenters. The summed E-state index contributed by atoms with van der Waals surface area (Å²) in [7, 11) is 0. The van der Waals surface area contributed by atoms with Crippen LogP contribution < -0.4 is 5.32 Å². The van der Waals surface area contributed by atoms with Crippen molar-refractivity contribution in [2.45, 2.75) is 10.7 Å². The Balaban J connectivity index is 2.23. The summed E-state index contributed by atoms with van der Waals surface area (Å²) in [5.41, 5.74) is -0.0816. The third-order valence-corrected chi connectivity index (χ3v) is 3.26. The summed E-state index contributed by atoms with van der Waals surface area (Å²) in [5.74, 6) is -5.21. The molecule has 0 fully saturated rings. The average molecular weight is 315 g/mol. The SMILES string of the molecule is O=C(Nc1ccccc1SC(F)F)c1cc(F)cc(F)c1. The summed E-state index contributed by atoms with van der Waals surface area (Å²) in [6, 6.07) is 8.30. The van der Waals surface area contributed by atoms with Gasteiger partial charge in [-0.2, -0.15) is 8.78 Å². The van der Waals surface area contributed by atoms with E-state index >= 15 is 0 Å². The third-order valence-electron chi connectivity index (χ3n) is 2.48. The van der Waals surface area contributed by atoms with Gasteiger partial charge in [-0.1, -0.05) is 23.9 Å². The summed E-state index contributed by atoms with van der Waals surface area (Å²) >= 11 is 0.272. The van der Waals surface area contributed by atoms with Crippen molar-refractivity contribution in [1.82, 2.24) is 0 Å². The van der Waals surface area contributed by atoms with E-state index in [9.17, 15) is 22.4 Å². The molecule has 21 heavy (non-hydrogen) atoms. The van der Waals surface area contributed by atoms with E-state index in [-0.39, 0.29) is 27.9 Å². The number of alkyl halides is 2. The van der Waals surface area contributed by atoms with Crippen LogP contribution in [0.2, 0.25) is 0 Å². The molecule has 2 nitrogen and oxygen atoms in total. The first kappa shape index (κ1) is 15.4. The van der Waals surface area contributed by atoms with Crippen molar-refractivity contribution < 1.29 is 22.4 Å². The third kappa shape index (κ3) is 4.22. The standard InChI is InChI=1S/C14H9F4NOS/c15-9-5-8(6-10(16)7-9)13(20)19-11-3-1-2-4-12(11)21-14(17)18/h1-7,14H,(H,19,20). The van der Waals surface area contributed by atoms with Crippen molar-refractivity contribution in [3.63, 3.8) is 0 Å². The molecule has 7 heteroatoms. The molecule has 110 valence electrons. The smallest absolute Gasteiger partial charge is 0.288 e. The van der Waals surface area contributed by atoms with Crippen molar-refractivity contribution in [1.29, 1.82) is 0 Å². The minimum Gasteiger partial charge on any atom is -0.321 e. The van der Waals surface area contributed by atoms with Crippen molar-refractivity contribution >= 4 is 23.4 Å². The number of thioether (sulfide) groups is 1. The van der Waals surface area contributed by atoms with Gasteiger partial charge in [0, 0.05) is 16.5 Å². The Bertz CT molecular complexity index is 643. The zero-order chi connectivity index (χ0) is 15.4. The number of benzene rings is 2. The van der Waals surface area contributed by atoms with Crippen molar-refractivity contribution in [3.05, 3.63) is 59.7 Å². The molecule has 0 aliphatic rings. The Morgan fingerprint density at radius 2 is 1.67 bits per heavy atom. The number of hydrogen-bond acceptors (Lipinski definition) is 2. The van der Waals surface area contributed by atoms with Crippen LogP contribution in [-0.4, -0.2) is 11.7 Å². The lowest BCUT2D eigenvalue weighted by Gasteiger charge is -2.10. The molecule has 1 amide bonds. The van der Waals surface area contributed by atoms with E-state index in [1.54, 1.807) is 12.1 Å². The van der Waals surface area contributed by atoms with Crippen LogP contribution in [0, 0.1) is 11.6 Å². The van der Waals surface area contributed by atoms with Gasteiger partial charge in [0.15, 0.2) is 0 Å². The van der Waals surface area contributed by atoms with Crippen molar-refractivity contribution in [2.24, 2.45) is 0 Å². The van der Waals surface area contributed by atoms with Gasteiger partial charge in [0.2, 0.25) is 0 Å². The molecule has 0 heterocycles. The number of amides is 1. The molecule has 0 radical (unpaired) electrons.